The molecule has 1 amide bonds. The quantitative estimate of drug-likeness (QED) is 0.471. The van der Waals surface area contributed by atoms with E-state index in [1.54, 1.807) is 25.7 Å². The van der Waals surface area contributed by atoms with Gasteiger partial charge in [0, 0.05) is 31.3 Å². The van der Waals surface area contributed by atoms with Crippen LogP contribution in [-0.2, 0) is 9.47 Å². The molecule has 0 saturated carbocycles. The molecule has 10 heteroatoms. The highest BCUT2D eigenvalue weighted by Crippen LogP contribution is 2.30. The number of ether oxygens (including phenoxy) is 2. The highest BCUT2D eigenvalue weighted by Gasteiger charge is 2.29. The number of benzene rings is 1. The molecule has 1 aliphatic heterocycles. The molecule has 1 fully saturated rings. The Labute approximate surface area is 161 Å². The van der Waals surface area contributed by atoms with Crippen LogP contribution in [0.2, 0.25) is 0 Å². The zero-order chi connectivity index (χ0) is 21.1. The highest BCUT2D eigenvalue weighted by atomic mass is 19.1. The minimum atomic E-state index is -0.988. The number of hydrogen-bond acceptors (Lipinski definition) is 7. The molecule has 2 rings (SSSR count). The van der Waals surface area contributed by atoms with Gasteiger partial charge in [-0.25, -0.2) is 14.0 Å². The van der Waals surface area contributed by atoms with Gasteiger partial charge < -0.3 is 19.7 Å². The van der Waals surface area contributed by atoms with Crippen molar-refractivity contribution in [1.82, 2.24) is 4.90 Å². The lowest BCUT2D eigenvalue weighted by Gasteiger charge is -2.34. The number of anilines is 1. The number of esters is 1. The number of hydrogen-bond donors (Lipinski definition) is 1. The lowest BCUT2D eigenvalue weighted by atomic mass is 10.0. The standard InChI is InChI=1S/C18H24FN3O6/c1-18(2,3)28-17(24)21-7-5-11(6-8-21)20-14-10-13(19)12(16(23)27-4)9-15(14)22(25)26/h9-11,20H,5-8H2,1-4H3. The van der Waals surface area contributed by atoms with Crippen LogP contribution in [0.3, 0.4) is 0 Å². The number of nitro groups is 1. The Hall–Kier alpha value is -2.91. The van der Waals surface area contributed by atoms with Crippen molar-refractivity contribution in [3.63, 3.8) is 0 Å². The predicted octanol–water partition coefficient (Wildman–Crippen LogP) is 3.33. The molecule has 1 aromatic carbocycles. The molecule has 0 aromatic heterocycles. The number of nitro benzene ring substituents is 1. The number of piperidine rings is 1. The summed E-state index contributed by atoms with van der Waals surface area (Å²) < 4.78 is 23.9. The van der Waals surface area contributed by atoms with Crippen LogP contribution in [0.25, 0.3) is 0 Å². The molecule has 0 radical (unpaired) electrons. The van der Waals surface area contributed by atoms with Gasteiger partial charge in [-0.15, -0.1) is 0 Å². The number of rotatable bonds is 4. The largest absolute Gasteiger partial charge is 0.465 e. The van der Waals surface area contributed by atoms with Crippen molar-refractivity contribution in [3.8, 4) is 0 Å². The minimum absolute atomic E-state index is 0.0223. The van der Waals surface area contributed by atoms with E-state index in [0.29, 0.717) is 25.9 Å². The van der Waals surface area contributed by atoms with Gasteiger partial charge >= 0.3 is 12.1 Å². The Kier molecular flexibility index (Phi) is 6.42. The van der Waals surface area contributed by atoms with E-state index in [-0.39, 0.29) is 11.7 Å². The first-order valence-corrected chi connectivity index (χ1v) is 8.82. The van der Waals surface area contributed by atoms with E-state index in [2.05, 4.69) is 10.1 Å². The fraction of sp³-hybridized carbons (Fsp3) is 0.556. The zero-order valence-electron chi connectivity index (χ0n) is 16.3. The molecule has 1 saturated heterocycles. The van der Waals surface area contributed by atoms with E-state index in [0.717, 1.165) is 19.2 Å². The van der Waals surface area contributed by atoms with Crippen LogP contribution in [0.4, 0.5) is 20.6 Å². The lowest BCUT2D eigenvalue weighted by molar-refractivity contribution is -0.384. The SMILES string of the molecule is COC(=O)c1cc([N+](=O)[O-])c(NC2CCN(C(=O)OC(C)(C)C)CC2)cc1F. The topological polar surface area (TPSA) is 111 Å². The summed E-state index contributed by atoms with van der Waals surface area (Å²) in [6, 6.07) is 1.59. The van der Waals surface area contributed by atoms with Gasteiger partial charge in [0.1, 0.15) is 22.7 Å². The fourth-order valence-corrected chi connectivity index (χ4v) is 2.85. The molecule has 9 nitrogen and oxygen atoms in total. The molecule has 1 aromatic rings. The number of likely N-dealkylation sites (tertiary alicyclic amines) is 1. The summed E-state index contributed by atoms with van der Waals surface area (Å²) in [5.74, 6) is -1.90. The zero-order valence-corrected chi connectivity index (χ0v) is 16.3. The van der Waals surface area contributed by atoms with Gasteiger partial charge in [0.2, 0.25) is 0 Å². The molecule has 0 bridgehead atoms. The van der Waals surface area contributed by atoms with Crippen LogP contribution < -0.4 is 5.32 Å². The van der Waals surface area contributed by atoms with Crippen LogP contribution in [0.1, 0.15) is 44.0 Å². The molecule has 1 N–H and O–H groups in total. The summed E-state index contributed by atoms with van der Waals surface area (Å²) in [7, 11) is 1.07. The van der Waals surface area contributed by atoms with E-state index >= 15 is 0 Å². The van der Waals surface area contributed by atoms with Gasteiger partial charge in [0.05, 0.1) is 12.0 Å². The van der Waals surface area contributed by atoms with E-state index in [1.807, 2.05) is 0 Å². The number of carbonyl (C=O) groups excluding carboxylic acids is 2. The molecule has 0 atom stereocenters. The van der Waals surface area contributed by atoms with Crippen LogP contribution in [0.5, 0.6) is 0 Å². The third kappa shape index (κ3) is 5.30. The van der Waals surface area contributed by atoms with Crippen molar-refractivity contribution in [2.24, 2.45) is 0 Å². The third-order valence-corrected chi connectivity index (χ3v) is 4.19. The van der Waals surface area contributed by atoms with E-state index in [4.69, 9.17) is 4.74 Å². The Balaban J connectivity index is 2.08. The minimum Gasteiger partial charge on any atom is -0.465 e. The Bertz CT molecular complexity index is 769. The van der Waals surface area contributed by atoms with Gasteiger partial charge in [0.25, 0.3) is 5.69 Å². The van der Waals surface area contributed by atoms with Gasteiger partial charge in [-0.2, -0.15) is 0 Å². The van der Waals surface area contributed by atoms with E-state index in [9.17, 15) is 24.1 Å². The second-order valence-corrected chi connectivity index (χ2v) is 7.48. The average molecular weight is 397 g/mol. The molecule has 28 heavy (non-hydrogen) atoms. The lowest BCUT2D eigenvalue weighted by Crippen LogP contribution is -2.44. The monoisotopic (exact) mass is 397 g/mol. The van der Waals surface area contributed by atoms with Gasteiger partial charge in [0.15, 0.2) is 0 Å². The number of halogens is 1. The van der Waals surface area contributed by atoms with Crippen molar-refractivity contribution in [1.29, 1.82) is 0 Å². The molecule has 1 heterocycles. The summed E-state index contributed by atoms with van der Waals surface area (Å²) in [5.41, 5.74) is -1.53. The number of nitrogens with one attached hydrogen (secondary N) is 1. The maximum absolute atomic E-state index is 14.2. The summed E-state index contributed by atoms with van der Waals surface area (Å²) >= 11 is 0. The molecule has 154 valence electrons. The Morgan fingerprint density at radius 3 is 2.39 bits per heavy atom. The van der Waals surface area contributed by atoms with Crippen molar-refractivity contribution < 1.29 is 28.4 Å². The predicted molar refractivity (Wildman–Crippen MR) is 98.8 cm³/mol. The summed E-state index contributed by atoms with van der Waals surface area (Å²) in [4.78, 5) is 35.9. The van der Waals surface area contributed by atoms with Crippen molar-refractivity contribution in [2.75, 3.05) is 25.5 Å². The van der Waals surface area contributed by atoms with Crippen molar-refractivity contribution >= 4 is 23.4 Å². The van der Waals surface area contributed by atoms with Gasteiger partial charge in [-0.05, 0) is 33.6 Å². The second kappa shape index (κ2) is 8.41. The summed E-state index contributed by atoms with van der Waals surface area (Å²) in [6.45, 7) is 6.16. The van der Waals surface area contributed by atoms with E-state index < -0.39 is 39.7 Å². The first kappa shape index (κ1) is 21.4. The normalized spacial score (nSPS) is 15.1. The first-order valence-electron chi connectivity index (χ1n) is 8.82. The van der Waals surface area contributed by atoms with Crippen LogP contribution in [0, 0.1) is 15.9 Å². The second-order valence-electron chi connectivity index (χ2n) is 7.48. The number of methoxy groups -OCH3 is 1. The molecule has 1 aliphatic rings. The summed E-state index contributed by atoms with van der Waals surface area (Å²) in [5, 5.41) is 14.3. The number of carbonyl (C=O) groups is 2. The molecule has 0 unspecified atom stereocenters. The summed E-state index contributed by atoms with van der Waals surface area (Å²) in [6.07, 6.45) is 0.610. The van der Waals surface area contributed by atoms with Crippen molar-refractivity contribution in [2.45, 2.75) is 45.3 Å². The molecular weight excluding hydrogens is 373 g/mol. The molecule has 0 aliphatic carbocycles. The van der Waals surface area contributed by atoms with Gasteiger partial charge in [-0.3, -0.25) is 10.1 Å². The smallest absolute Gasteiger partial charge is 0.410 e. The van der Waals surface area contributed by atoms with Crippen LogP contribution in [-0.4, -0.2) is 53.7 Å². The Morgan fingerprint density at radius 2 is 1.89 bits per heavy atom. The fourth-order valence-electron chi connectivity index (χ4n) is 2.85. The number of amides is 1. The number of nitrogens with zero attached hydrogens (tertiary/aromatic N) is 2. The Morgan fingerprint density at radius 1 is 1.29 bits per heavy atom. The van der Waals surface area contributed by atoms with Gasteiger partial charge in [-0.1, -0.05) is 0 Å². The van der Waals surface area contributed by atoms with E-state index in [1.165, 1.54) is 0 Å². The first-order chi connectivity index (χ1) is 13.0. The molecule has 0 spiro atoms. The molecular formula is C18H24FN3O6. The maximum Gasteiger partial charge on any atom is 0.410 e. The highest BCUT2D eigenvalue weighted by molar-refractivity contribution is 5.91. The third-order valence-electron chi connectivity index (χ3n) is 4.19. The average Bonchev–Trinajstić information content (AvgIpc) is 2.60. The van der Waals surface area contributed by atoms with Crippen molar-refractivity contribution in [3.05, 3.63) is 33.6 Å². The van der Waals surface area contributed by atoms with Crippen LogP contribution >= 0.6 is 0 Å². The van der Waals surface area contributed by atoms with Crippen LogP contribution in [0.15, 0.2) is 12.1 Å². The maximum atomic E-state index is 14.2.